The van der Waals surface area contributed by atoms with E-state index in [9.17, 15) is 14.9 Å². The molecule has 0 fully saturated rings. The lowest BCUT2D eigenvalue weighted by molar-refractivity contribution is -0.385. The normalized spacial score (nSPS) is 10.7. The van der Waals surface area contributed by atoms with Crippen LogP contribution >= 0.6 is 27.5 Å². The number of rotatable bonds is 7. The van der Waals surface area contributed by atoms with Gasteiger partial charge < -0.3 is 4.74 Å². The Morgan fingerprint density at radius 2 is 1.90 bits per heavy atom. The fourth-order valence-corrected chi connectivity index (χ4v) is 3.14. The van der Waals surface area contributed by atoms with Gasteiger partial charge in [0.1, 0.15) is 17.9 Å². The van der Waals surface area contributed by atoms with Crippen molar-refractivity contribution >= 4 is 45.3 Å². The molecule has 0 radical (unpaired) electrons. The van der Waals surface area contributed by atoms with Crippen molar-refractivity contribution in [1.29, 1.82) is 0 Å². The summed E-state index contributed by atoms with van der Waals surface area (Å²) >= 11 is 9.32. The molecule has 1 N–H and O–H groups in total. The molecule has 152 valence electrons. The molecule has 0 unspecified atom stereocenters. The molecule has 0 aliphatic rings. The molecule has 0 spiro atoms. The van der Waals surface area contributed by atoms with Crippen molar-refractivity contribution < 1.29 is 14.5 Å². The molecule has 0 saturated heterocycles. The molecule has 0 saturated carbocycles. The summed E-state index contributed by atoms with van der Waals surface area (Å²) in [5.41, 5.74) is 3.63. The molecule has 0 aliphatic heterocycles. The summed E-state index contributed by atoms with van der Waals surface area (Å²) in [5.74, 6) is -0.0217. The number of carbonyl (C=O) groups is 1. The number of hydrogen-bond donors (Lipinski definition) is 1. The first-order valence-corrected chi connectivity index (χ1v) is 9.85. The number of para-hydroxylation sites is 1. The van der Waals surface area contributed by atoms with Crippen molar-refractivity contribution in [3.63, 3.8) is 0 Å². The van der Waals surface area contributed by atoms with Crippen molar-refractivity contribution in [2.24, 2.45) is 5.10 Å². The summed E-state index contributed by atoms with van der Waals surface area (Å²) in [6, 6.07) is 18.3. The average molecular weight is 489 g/mol. The van der Waals surface area contributed by atoms with Crippen LogP contribution in [0.2, 0.25) is 5.02 Å². The summed E-state index contributed by atoms with van der Waals surface area (Å²) in [6.07, 6.45) is 1.43. The highest BCUT2D eigenvalue weighted by molar-refractivity contribution is 9.10. The largest absolute Gasteiger partial charge is 0.488 e. The monoisotopic (exact) mass is 487 g/mol. The predicted molar refractivity (Wildman–Crippen MR) is 118 cm³/mol. The lowest BCUT2D eigenvalue weighted by atomic mass is 10.2. The first kappa shape index (κ1) is 21.5. The molecule has 3 rings (SSSR count). The fourth-order valence-electron chi connectivity index (χ4n) is 2.51. The van der Waals surface area contributed by atoms with Crippen molar-refractivity contribution in [1.82, 2.24) is 5.43 Å². The third-order valence-electron chi connectivity index (χ3n) is 3.99. The van der Waals surface area contributed by atoms with Crippen LogP contribution in [0.4, 0.5) is 5.69 Å². The van der Waals surface area contributed by atoms with Gasteiger partial charge >= 0.3 is 0 Å². The second-order valence-electron chi connectivity index (χ2n) is 6.08. The summed E-state index contributed by atoms with van der Waals surface area (Å²) in [6.45, 7) is 0.384. The highest BCUT2D eigenvalue weighted by atomic mass is 79.9. The third kappa shape index (κ3) is 5.65. The highest BCUT2D eigenvalue weighted by Crippen LogP contribution is 2.26. The quantitative estimate of drug-likeness (QED) is 0.275. The van der Waals surface area contributed by atoms with E-state index < -0.39 is 10.8 Å². The Labute approximate surface area is 185 Å². The Kier molecular flexibility index (Phi) is 7.16. The van der Waals surface area contributed by atoms with E-state index in [1.165, 1.54) is 24.4 Å². The minimum absolute atomic E-state index is 0.0632. The standard InChI is InChI=1S/C21H15BrClN3O4/c22-18-11-15(7-10-20(18)30-13-14-5-8-16(23)9-6-14)12-24-25-21(27)17-3-1-2-4-19(17)26(28)29/h1-12H,13H2,(H,25,27)/b24-12-. The van der Waals surface area contributed by atoms with Gasteiger partial charge in [-0.1, -0.05) is 35.9 Å². The molecule has 0 heterocycles. The molecule has 7 nitrogen and oxygen atoms in total. The van der Waals surface area contributed by atoms with Crippen LogP contribution in [-0.2, 0) is 6.61 Å². The lowest BCUT2D eigenvalue weighted by Gasteiger charge is -2.09. The van der Waals surface area contributed by atoms with E-state index >= 15 is 0 Å². The van der Waals surface area contributed by atoms with Crippen LogP contribution < -0.4 is 10.2 Å². The van der Waals surface area contributed by atoms with E-state index in [0.717, 1.165) is 5.56 Å². The molecule has 3 aromatic carbocycles. The van der Waals surface area contributed by atoms with Crippen LogP contribution in [0, 0.1) is 10.1 Å². The zero-order chi connectivity index (χ0) is 21.5. The SMILES string of the molecule is O=C(N/N=C\c1ccc(OCc2ccc(Cl)cc2)c(Br)c1)c1ccccc1[N+](=O)[O-]. The van der Waals surface area contributed by atoms with E-state index in [1.807, 2.05) is 12.1 Å². The molecular weight excluding hydrogens is 474 g/mol. The van der Waals surface area contributed by atoms with E-state index in [-0.39, 0.29) is 11.3 Å². The number of nitro benzene ring substituents is 1. The maximum atomic E-state index is 12.2. The Morgan fingerprint density at radius 3 is 2.60 bits per heavy atom. The van der Waals surface area contributed by atoms with Crippen molar-refractivity contribution in [2.45, 2.75) is 6.61 Å². The molecule has 30 heavy (non-hydrogen) atoms. The average Bonchev–Trinajstić information content (AvgIpc) is 2.74. The Bertz CT molecular complexity index is 1100. The van der Waals surface area contributed by atoms with Gasteiger partial charge in [-0.15, -0.1) is 0 Å². The first-order valence-electron chi connectivity index (χ1n) is 8.67. The number of nitro groups is 1. The maximum Gasteiger partial charge on any atom is 0.282 e. The summed E-state index contributed by atoms with van der Waals surface area (Å²) in [7, 11) is 0. The van der Waals surface area contributed by atoms with Crippen LogP contribution in [-0.4, -0.2) is 17.0 Å². The molecule has 0 bridgehead atoms. The topological polar surface area (TPSA) is 93.8 Å². The number of ether oxygens (including phenoxy) is 1. The number of nitrogens with one attached hydrogen (secondary N) is 1. The third-order valence-corrected chi connectivity index (χ3v) is 4.86. The smallest absolute Gasteiger partial charge is 0.282 e. The minimum atomic E-state index is -0.666. The summed E-state index contributed by atoms with van der Waals surface area (Å²) in [5, 5.41) is 15.5. The Hall–Kier alpha value is -3.23. The minimum Gasteiger partial charge on any atom is -0.488 e. The van der Waals surface area contributed by atoms with Crippen molar-refractivity contribution in [2.75, 3.05) is 0 Å². The van der Waals surface area contributed by atoms with Crippen molar-refractivity contribution in [3.05, 3.63) is 103 Å². The van der Waals surface area contributed by atoms with Crippen LogP contribution in [0.25, 0.3) is 0 Å². The molecule has 9 heteroatoms. The highest BCUT2D eigenvalue weighted by Gasteiger charge is 2.18. The molecule has 0 aliphatic carbocycles. The molecule has 3 aromatic rings. The van der Waals surface area contributed by atoms with E-state index in [2.05, 4.69) is 26.5 Å². The van der Waals surface area contributed by atoms with Gasteiger partial charge in [0.25, 0.3) is 11.6 Å². The number of hydrazone groups is 1. The number of nitrogens with zero attached hydrogens (tertiary/aromatic N) is 2. The van der Waals surface area contributed by atoms with E-state index in [0.29, 0.717) is 27.4 Å². The van der Waals surface area contributed by atoms with Gasteiger partial charge in [0.05, 0.1) is 15.6 Å². The predicted octanol–water partition coefficient (Wildman–Crippen LogP) is 5.35. The first-order chi connectivity index (χ1) is 14.4. The molecular formula is C21H15BrClN3O4. The van der Waals surface area contributed by atoms with Gasteiger partial charge in [-0.05, 0) is 63.5 Å². The Balaban J connectivity index is 1.61. The zero-order valence-electron chi connectivity index (χ0n) is 15.4. The van der Waals surface area contributed by atoms with Gasteiger partial charge in [0.2, 0.25) is 0 Å². The zero-order valence-corrected chi connectivity index (χ0v) is 17.8. The van der Waals surface area contributed by atoms with Gasteiger partial charge in [-0.25, -0.2) is 5.43 Å². The second-order valence-corrected chi connectivity index (χ2v) is 7.37. The van der Waals surface area contributed by atoms with Gasteiger partial charge in [0, 0.05) is 11.1 Å². The van der Waals surface area contributed by atoms with Gasteiger partial charge in [0.15, 0.2) is 0 Å². The Morgan fingerprint density at radius 1 is 1.17 bits per heavy atom. The molecule has 0 aromatic heterocycles. The van der Waals surface area contributed by atoms with E-state index in [1.54, 1.807) is 36.4 Å². The molecule has 0 atom stereocenters. The van der Waals surface area contributed by atoms with Crippen LogP contribution in [0.5, 0.6) is 5.75 Å². The van der Waals surface area contributed by atoms with Gasteiger partial charge in [-0.2, -0.15) is 5.10 Å². The van der Waals surface area contributed by atoms with Crippen molar-refractivity contribution in [3.8, 4) is 5.75 Å². The fraction of sp³-hybridized carbons (Fsp3) is 0.0476. The number of carbonyl (C=O) groups excluding carboxylic acids is 1. The number of hydrogen-bond acceptors (Lipinski definition) is 5. The van der Waals surface area contributed by atoms with Crippen LogP contribution in [0.15, 0.2) is 76.3 Å². The number of benzene rings is 3. The number of amides is 1. The number of halogens is 2. The lowest BCUT2D eigenvalue weighted by Crippen LogP contribution is -2.18. The maximum absolute atomic E-state index is 12.2. The van der Waals surface area contributed by atoms with Gasteiger partial charge in [-0.3, -0.25) is 14.9 Å². The van der Waals surface area contributed by atoms with Crippen LogP contribution in [0.3, 0.4) is 0 Å². The summed E-state index contributed by atoms with van der Waals surface area (Å²) < 4.78 is 6.50. The van der Waals surface area contributed by atoms with Crippen LogP contribution in [0.1, 0.15) is 21.5 Å². The summed E-state index contributed by atoms with van der Waals surface area (Å²) in [4.78, 5) is 22.6. The molecule has 1 amide bonds. The second kappa shape index (κ2) is 10.00. The van der Waals surface area contributed by atoms with E-state index in [4.69, 9.17) is 16.3 Å².